The van der Waals surface area contributed by atoms with Crippen molar-refractivity contribution in [3.63, 3.8) is 0 Å². The SMILES string of the molecule is CN(C)c1ccnc(Nc2ccc([N+](=O)[O-])cc2)c1C#N. The summed E-state index contributed by atoms with van der Waals surface area (Å²) in [6, 6.07) is 9.80. The third kappa shape index (κ3) is 3.06. The largest absolute Gasteiger partial charge is 0.376 e. The zero-order valence-electron chi connectivity index (χ0n) is 11.6. The average Bonchev–Trinajstić information content (AvgIpc) is 2.47. The highest BCUT2D eigenvalue weighted by Gasteiger charge is 2.12. The minimum Gasteiger partial charge on any atom is -0.376 e. The number of non-ortho nitro benzene ring substituents is 1. The van der Waals surface area contributed by atoms with Gasteiger partial charge in [-0.25, -0.2) is 4.98 Å². The molecule has 1 N–H and O–H groups in total. The van der Waals surface area contributed by atoms with Crippen LogP contribution in [-0.2, 0) is 0 Å². The molecule has 7 nitrogen and oxygen atoms in total. The summed E-state index contributed by atoms with van der Waals surface area (Å²) >= 11 is 0. The molecule has 0 unspecified atom stereocenters. The van der Waals surface area contributed by atoms with E-state index in [4.69, 9.17) is 0 Å². The molecule has 0 bridgehead atoms. The molecule has 1 aromatic carbocycles. The van der Waals surface area contributed by atoms with E-state index in [2.05, 4.69) is 16.4 Å². The lowest BCUT2D eigenvalue weighted by atomic mass is 10.2. The van der Waals surface area contributed by atoms with Crippen LogP contribution in [0.5, 0.6) is 0 Å². The summed E-state index contributed by atoms with van der Waals surface area (Å²) in [5.74, 6) is 0.414. The molecular formula is C14H13N5O2. The van der Waals surface area contributed by atoms with Gasteiger partial charge in [-0.3, -0.25) is 10.1 Å². The fraction of sp³-hybridized carbons (Fsp3) is 0.143. The Hall–Kier alpha value is -3.14. The monoisotopic (exact) mass is 283 g/mol. The molecule has 0 atom stereocenters. The van der Waals surface area contributed by atoms with Crippen LogP contribution in [-0.4, -0.2) is 24.0 Å². The van der Waals surface area contributed by atoms with Gasteiger partial charge in [0, 0.05) is 38.1 Å². The Morgan fingerprint density at radius 1 is 1.29 bits per heavy atom. The number of aromatic nitrogens is 1. The predicted molar refractivity (Wildman–Crippen MR) is 79.7 cm³/mol. The van der Waals surface area contributed by atoms with Crippen LogP contribution in [0, 0.1) is 21.4 Å². The number of rotatable bonds is 4. The van der Waals surface area contributed by atoms with Gasteiger partial charge in [0.15, 0.2) is 0 Å². The van der Waals surface area contributed by atoms with Gasteiger partial charge in [0.05, 0.1) is 10.6 Å². The van der Waals surface area contributed by atoms with E-state index < -0.39 is 4.92 Å². The number of nitriles is 1. The minimum absolute atomic E-state index is 0.0102. The Morgan fingerprint density at radius 2 is 1.95 bits per heavy atom. The van der Waals surface area contributed by atoms with Gasteiger partial charge >= 0.3 is 0 Å². The first-order valence-corrected chi connectivity index (χ1v) is 6.11. The number of benzene rings is 1. The molecule has 106 valence electrons. The van der Waals surface area contributed by atoms with Crippen molar-refractivity contribution >= 4 is 22.9 Å². The first-order chi connectivity index (χ1) is 10.0. The van der Waals surface area contributed by atoms with Gasteiger partial charge in [0.2, 0.25) is 0 Å². The van der Waals surface area contributed by atoms with Crippen molar-refractivity contribution in [1.29, 1.82) is 5.26 Å². The van der Waals surface area contributed by atoms with E-state index in [-0.39, 0.29) is 5.69 Å². The molecule has 21 heavy (non-hydrogen) atoms. The van der Waals surface area contributed by atoms with Gasteiger partial charge in [0.25, 0.3) is 5.69 Å². The number of anilines is 3. The number of hydrogen-bond donors (Lipinski definition) is 1. The van der Waals surface area contributed by atoms with Gasteiger partial charge in [-0.05, 0) is 18.2 Å². The number of nitro groups is 1. The van der Waals surface area contributed by atoms with E-state index in [1.54, 1.807) is 24.4 Å². The summed E-state index contributed by atoms with van der Waals surface area (Å²) in [6.45, 7) is 0. The van der Waals surface area contributed by atoms with E-state index in [1.807, 2.05) is 19.0 Å². The molecule has 1 aromatic heterocycles. The van der Waals surface area contributed by atoms with Crippen molar-refractivity contribution in [3.05, 3.63) is 52.2 Å². The first-order valence-electron chi connectivity index (χ1n) is 6.11. The Labute approximate surface area is 121 Å². The Balaban J connectivity index is 2.33. The molecule has 0 saturated heterocycles. The van der Waals surface area contributed by atoms with Crippen molar-refractivity contribution in [2.24, 2.45) is 0 Å². The maximum Gasteiger partial charge on any atom is 0.269 e. The second-order valence-electron chi connectivity index (χ2n) is 4.49. The summed E-state index contributed by atoms with van der Waals surface area (Å²) in [5, 5.41) is 22.9. The summed E-state index contributed by atoms with van der Waals surface area (Å²) in [5.41, 5.74) is 1.80. The summed E-state index contributed by atoms with van der Waals surface area (Å²) in [6.07, 6.45) is 1.60. The molecule has 1 heterocycles. The van der Waals surface area contributed by atoms with E-state index in [1.165, 1.54) is 12.1 Å². The normalized spacial score (nSPS) is 9.76. The van der Waals surface area contributed by atoms with Gasteiger partial charge in [-0.1, -0.05) is 0 Å². The molecular weight excluding hydrogens is 270 g/mol. The summed E-state index contributed by atoms with van der Waals surface area (Å²) < 4.78 is 0. The molecule has 0 aliphatic carbocycles. The third-order valence-electron chi connectivity index (χ3n) is 2.86. The summed E-state index contributed by atoms with van der Waals surface area (Å²) in [7, 11) is 3.68. The number of nitrogens with one attached hydrogen (secondary N) is 1. The molecule has 0 aliphatic heterocycles. The first kappa shape index (κ1) is 14.3. The van der Waals surface area contributed by atoms with Crippen molar-refractivity contribution in [2.45, 2.75) is 0 Å². The fourth-order valence-corrected chi connectivity index (χ4v) is 1.83. The Kier molecular flexibility index (Phi) is 4.00. The molecule has 0 spiro atoms. The Morgan fingerprint density at radius 3 is 2.48 bits per heavy atom. The molecule has 0 aliphatic rings. The van der Waals surface area contributed by atoms with E-state index in [0.717, 1.165) is 5.69 Å². The standard InChI is InChI=1S/C14H13N5O2/c1-18(2)13-7-8-16-14(12(13)9-15)17-10-3-5-11(6-4-10)19(20)21/h3-8H,1-2H3,(H,16,17). The van der Waals surface area contributed by atoms with Gasteiger partial charge < -0.3 is 10.2 Å². The molecule has 7 heteroatoms. The predicted octanol–water partition coefficient (Wildman–Crippen LogP) is 2.67. The van der Waals surface area contributed by atoms with E-state index >= 15 is 0 Å². The smallest absolute Gasteiger partial charge is 0.269 e. The molecule has 2 aromatic rings. The van der Waals surface area contributed by atoms with Gasteiger partial charge in [0.1, 0.15) is 17.5 Å². The van der Waals surface area contributed by atoms with Crippen LogP contribution in [0.25, 0.3) is 0 Å². The van der Waals surface area contributed by atoms with E-state index in [9.17, 15) is 15.4 Å². The maximum atomic E-state index is 10.6. The number of hydrogen-bond acceptors (Lipinski definition) is 6. The lowest BCUT2D eigenvalue weighted by Gasteiger charge is -2.16. The zero-order chi connectivity index (χ0) is 15.4. The van der Waals surface area contributed by atoms with Crippen LogP contribution in [0.3, 0.4) is 0 Å². The van der Waals surface area contributed by atoms with Crippen molar-refractivity contribution in [2.75, 3.05) is 24.3 Å². The third-order valence-corrected chi connectivity index (χ3v) is 2.86. The second kappa shape index (κ2) is 5.88. The van der Waals surface area contributed by atoms with Gasteiger partial charge in [-0.2, -0.15) is 5.26 Å². The van der Waals surface area contributed by atoms with Crippen molar-refractivity contribution in [3.8, 4) is 6.07 Å². The molecule has 2 rings (SSSR count). The molecule has 0 amide bonds. The van der Waals surface area contributed by atoms with Crippen LogP contribution in [0.1, 0.15) is 5.56 Å². The number of nitrogens with zero attached hydrogens (tertiary/aromatic N) is 4. The molecule has 0 saturated carbocycles. The van der Waals surface area contributed by atoms with Crippen molar-refractivity contribution < 1.29 is 4.92 Å². The van der Waals surface area contributed by atoms with Crippen LogP contribution in [0.2, 0.25) is 0 Å². The number of nitro benzene ring substituents is 1. The summed E-state index contributed by atoms with van der Waals surface area (Å²) in [4.78, 5) is 16.1. The molecule has 0 fully saturated rings. The second-order valence-corrected chi connectivity index (χ2v) is 4.49. The van der Waals surface area contributed by atoms with Crippen LogP contribution >= 0.6 is 0 Å². The lowest BCUT2D eigenvalue weighted by molar-refractivity contribution is -0.384. The van der Waals surface area contributed by atoms with Crippen LogP contribution in [0.15, 0.2) is 36.5 Å². The quantitative estimate of drug-likeness (QED) is 0.684. The van der Waals surface area contributed by atoms with Crippen LogP contribution in [0.4, 0.5) is 22.9 Å². The van der Waals surface area contributed by atoms with Crippen molar-refractivity contribution in [1.82, 2.24) is 4.98 Å². The highest BCUT2D eigenvalue weighted by Crippen LogP contribution is 2.26. The molecule has 0 radical (unpaired) electrons. The lowest BCUT2D eigenvalue weighted by Crippen LogP contribution is -2.12. The van der Waals surface area contributed by atoms with Crippen LogP contribution < -0.4 is 10.2 Å². The maximum absolute atomic E-state index is 10.6. The topological polar surface area (TPSA) is 95.1 Å². The highest BCUT2D eigenvalue weighted by molar-refractivity contribution is 5.72. The fourth-order valence-electron chi connectivity index (χ4n) is 1.83. The Bertz CT molecular complexity index is 704. The average molecular weight is 283 g/mol. The zero-order valence-corrected chi connectivity index (χ0v) is 11.6. The highest BCUT2D eigenvalue weighted by atomic mass is 16.6. The van der Waals surface area contributed by atoms with Gasteiger partial charge in [-0.15, -0.1) is 0 Å². The minimum atomic E-state index is -0.463. The number of pyridine rings is 1. The van der Waals surface area contributed by atoms with E-state index in [0.29, 0.717) is 17.1 Å².